The minimum atomic E-state index is -0.480. The lowest BCUT2D eigenvalue weighted by Gasteiger charge is -2.37. The summed E-state index contributed by atoms with van der Waals surface area (Å²) in [5, 5.41) is 10.4. The number of nitrogens with zero attached hydrogens (tertiary/aromatic N) is 2. The Morgan fingerprint density at radius 2 is 1.79 bits per heavy atom. The Bertz CT molecular complexity index is 787. The lowest BCUT2D eigenvalue weighted by atomic mass is 10.1. The highest BCUT2D eigenvalue weighted by atomic mass is 16.5. The largest absolute Gasteiger partial charge is 0.495 e. The summed E-state index contributed by atoms with van der Waals surface area (Å²) >= 11 is 0. The highest BCUT2D eigenvalue weighted by Gasteiger charge is 2.21. The smallest absolute Gasteiger partial charge is 0.142 e. The van der Waals surface area contributed by atoms with Gasteiger partial charge in [-0.05, 0) is 54.7 Å². The molecule has 0 bridgehead atoms. The van der Waals surface area contributed by atoms with Gasteiger partial charge in [0.05, 0.1) is 12.8 Å². The van der Waals surface area contributed by atoms with Gasteiger partial charge < -0.3 is 19.5 Å². The molecule has 0 saturated carbocycles. The van der Waals surface area contributed by atoms with Crippen molar-refractivity contribution in [1.29, 1.82) is 0 Å². The second kappa shape index (κ2) is 8.84. The van der Waals surface area contributed by atoms with Crippen LogP contribution >= 0.6 is 0 Å². The van der Waals surface area contributed by atoms with Gasteiger partial charge in [-0.3, -0.25) is 4.90 Å². The Balaban J connectivity index is 1.23. The lowest BCUT2D eigenvalue weighted by Crippen LogP contribution is -2.49. The molecule has 1 fully saturated rings. The molecule has 0 radical (unpaired) electrons. The Morgan fingerprint density at radius 1 is 1.00 bits per heavy atom. The van der Waals surface area contributed by atoms with Gasteiger partial charge in [-0.2, -0.15) is 0 Å². The molecule has 1 atom stereocenters. The topological polar surface area (TPSA) is 45.2 Å². The predicted octanol–water partition coefficient (Wildman–Crippen LogP) is 2.75. The number of rotatable bonds is 7. The molecule has 28 heavy (non-hydrogen) atoms. The first-order valence-electron chi connectivity index (χ1n) is 10.3. The van der Waals surface area contributed by atoms with Gasteiger partial charge in [0.25, 0.3) is 0 Å². The van der Waals surface area contributed by atoms with Crippen molar-refractivity contribution in [2.75, 3.05) is 51.3 Å². The monoisotopic (exact) mass is 382 g/mol. The number of hydrogen-bond donors (Lipinski definition) is 1. The first-order valence-corrected chi connectivity index (χ1v) is 10.3. The van der Waals surface area contributed by atoms with Crippen LogP contribution in [0, 0.1) is 0 Å². The molecular weight excluding hydrogens is 352 g/mol. The first-order chi connectivity index (χ1) is 13.7. The van der Waals surface area contributed by atoms with Crippen LogP contribution in [-0.2, 0) is 12.8 Å². The van der Waals surface area contributed by atoms with Gasteiger partial charge in [-0.15, -0.1) is 0 Å². The van der Waals surface area contributed by atoms with Crippen molar-refractivity contribution in [3.05, 3.63) is 53.6 Å². The molecule has 0 aromatic heterocycles. The summed E-state index contributed by atoms with van der Waals surface area (Å²) in [5.74, 6) is 1.79. The number of methoxy groups -OCH3 is 1. The van der Waals surface area contributed by atoms with Crippen LogP contribution in [0.15, 0.2) is 42.5 Å². The molecule has 5 nitrogen and oxygen atoms in total. The number of hydrogen-bond acceptors (Lipinski definition) is 5. The van der Waals surface area contributed by atoms with Gasteiger partial charge in [0.15, 0.2) is 0 Å². The minimum Gasteiger partial charge on any atom is -0.495 e. The Kier molecular flexibility index (Phi) is 6.03. The zero-order chi connectivity index (χ0) is 19.3. The molecule has 1 saturated heterocycles. The van der Waals surface area contributed by atoms with E-state index in [2.05, 4.69) is 28.0 Å². The van der Waals surface area contributed by atoms with Crippen molar-refractivity contribution >= 4 is 5.69 Å². The maximum atomic E-state index is 10.4. The van der Waals surface area contributed by atoms with Crippen molar-refractivity contribution in [2.24, 2.45) is 0 Å². The van der Waals surface area contributed by atoms with Gasteiger partial charge >= 0.3 is 0 Å². The summed E-state index contributed by atoms with van der Waals surface area (Å²) in [5.41, 5.74) is 3.99. The van der Waals surface area contributed by atoms with Gasteiger partial charge in [0.1, 0.15) is 24.2 Å². The highest BCUT2D eigenvalue weighted by molar-refractivity contribution is 5.58. The van der Waals surface area contributed by atoms with Gasteiger partial charge in [-0.1, -0.05) is 18.2 Å². The van der Waals surface area contributed by atoms with E-state index in [-0.39, 0.29) is 0 Å². The SMILES string of the molecule is COc1ccccc1N1CCN(C[C@@H](O)COc2ccc3c(c2)CCC3)CC1. The number of fused-ring (bicyclic) bond motifs is 1. The fourth-order valence-corrected chi connectivity index (χ4v) is 4.24. The maximum Gasteiger partial charge on any atom is 0.142 e. The summed E-state index contributed by atoms with van der Waals surface area (Å²) in [6.07, 6.45) is 3.08. The molecule has 2 aromatic rings. The molecule has 0 unspecified atom stereocenters. The molecule has 0 amide bonds. The lowest BCUT2D eigenvalue weighted by molar-refractivity contribution is 0.0662. The highest BCUT2D eigenvalue weighted by Crippen LogP contribution is 2.28. The zero-order valence-corrected chi connectivity index (χ0v) is 16.6. The third kappa shape index (κ3) is 4.42. The van der Waals surface area contributed by atoms with E-state index in [4.69, 9.17) is 9.47 Å². The fraction of sp³-hybridized carbons (Fsp3) is 0.478. The van der Waals surface area contributed by atoms with Gasteiger partial charge in [0, 0.05) is 32.7 Å². The molecule has 5 heteroatoms. The molecule has 1 aliphatic heterocycles. The van der Waals surface area contributed by atoms with Gasteiger partial charge in [0.2, 0.25) is 0 Å². The number of β-amino-alcohol motifs (C(OH)–C–C–N with tert-alkyl or cyclic N) is 1. The van der Waals surface area contributed by atoms with Crippen LogP contribution < -0.4 is 14.4 Å². The molecule has 150 valence electrons. The third-order valence-electron chi connectivity index (χ3n) is 5.78. The Morgan fingerprint density at radius 3 is 2.61 bits per heavy atom. The second-order valence-corrected chi connectivity index (χ2v) is 7.71. The zero-order valence-electron chi connectivity index (χ0n) is 16.6. The molecule has 2 aliphatic rings. The first kappa shape index (κ1) is 19.1. The van der Waals surface area contributed by atoms with Crippen molar-refractivity contribution in [2.45, 2.75) is 25.4 Å². The van der Waals surface area contributed by atoms with E-state index in [1.165, 1.54) is 24.0 Å². The quantitative estimate of drug-likeness (QED) is 0.798. The molecule has 0 spiro atoms. The number of aliphatic hydroxyl groups excluding tert-OH is 1. The third-order valence-corrected chi connectivity index (χ3v) is 5.78. The van der Waals surface area contributed by atoms with Crippen LogP contribution in [0.1, 0.15) is 17.5 Å². The average Bonchev–Trinajstić information content (AvgIpc) is 3.21. The fourth-order valence-electron chi connectivity index (χ4n) is 4.24. The number of piperazine rings is 1. The number of anilines is 1. The Hall–Kier alpha value is -2.24. The molecule has 1 N–H and O–H groups in total. The Labute approximate surface area is 167 Å². The van der Waals surface area contributed by atoms with Crippen LogP contribution in [0.25, 0.3) is 0 Å². The normalized spacial score (nSPS) is 18.0. The summed E-state index contributed by atoms with van der Waals surface area (Å²) in [6.45, 7) is 4.69. The van der Waals surface area contributed by atoms with Gasteiger partial charge in [-0.25, -0.2) is 0 Å². The number of benzene rings is 2. The van der Waals surface area contributed by atoms with E-state index in [1.807, 2.05) is 24.3 Å². The number of aliphatic hydroxyl groups is 1. The standard InChI is InChI=1S/C23H30N2O3/c1-27-23-8-3-2-7-22(23)25-13-11-24(12-14-25)16-20(26)17-28-21-10-9-18-5-4-6-19(18)15-21/h2-3,7-10,15,20,26H,4-6,11-14,16-17H2,1H3/t20-/m1/s1. The van der Waals surface area contributed by atoms with Crippen molar-refractivity contribution < 1.29 is 14.6 Å². The van der Waals surface area contributed by atoms with E-state index in [1.54, 1.807) is 7.11 Å². The van der Waals surface area contributed by atoms with E-state index < -0.39 is 6.10 Å². The number of aryl methyl sites for hydroxylation is 2. The van der Waals surface area contributed by atoms with E-state index in [0.29, 0.717) is 13.2 Å². The van der Waals surface area contributed by atoms with E-state index in [9.17, 15) is 5.11 Å². The molecule has 4 rings (SSSR count). The van der Waals surface area contributed by atoms with Crippen molar-refractivity contribution in [1.82, 2.24) is 4.90 Å². The predicted molar refractivity (Wildman–Crippen MR) is 112 cm³/mol. The summed E-state index contributed by atoms with van der Waals surface area (Å²) in [4.78, 5) is 4.66. The molecule has 1 heterocycles. The van der Waals surface area contributed by atoms with Crippen LogP contribution in [0.4, 0.5) is 5.69 Å². The number of para-hydroxylation sites is 2. The molecule has 1 aliphatic carbocycles. The van der Waals surface area contributed by atoms with Crippen LogP contribution in [-0.4, -0.2) is 62.6 Å². The summed E-state index contributed by atoms with van der Waals surface area (Å²) in [6, 6.07) is 14.5. The van der Waals surface area contributed by atoms with Crippen LogP contribution in [0.2, 0.25) is 0 Å². The van der Waals surface area contributed by atoms with E-state index >= 15 is 0 Å². The van der Waals surface area contributed by atoms with Crippen molar-refractivity contribution in [3.8, 4) is 11.5 Å². The molecule has 2 aromatic carbocycles. The summed E-state index contributed by atoms with van der Waals surface area (Å²) < 4.78 is 11.3. The molecular formula is C23H30N2O3. The van der Waals surface area contributed by atoms with Crippen LogP contribution in [0.3, 0.4) is 0 Å². The maximum absolute atomic E-state index is 10.4. The average molecular weight is 383 g/mol. The van der Waals surface area contributed by atoms with Crippen molar-refractivity contribution in [3.63, 3.8) is 0 Å². The number of ether oxygens (including phenoxy) is 2. The minimum absolute atomic E-state index is 0.339. The van der Waals surface area contributed by atoms with Crippen LogP contribution in [0.5, 0.6) is 11.5 Å². The van der Waals surface area contributed by atoms with E-state index in [0.717, 1.165) is 49.8 Å². The second-order valence-electron chi connectivity index (χ2n) is 7.71. The summed E-state index contributed by atoms with van der Waals surface area (Å²) in [7, 11) is 1.71.